The second kappa shape index (κ2) is 6.72. The number of nitrogens with two attached hydrogens (primary N) is 1. The van der Waals surface area contributed by atoms with Gasteiger partial charge in [0.05, 0.1) is 6.61 Å². The minimum absolute atomic E-state index is 0. The highest BCUT2D eigenvalue weighted by atomic mass is 35.5. The van der Waals surface area contributed by atoms with Crippen LogP contribution in [0.25, 0.3) is 0 Å². The number of alkyl halides is 2. The van der Waals surface area contributed by atoms with Gasteiger partial charge in [-0.25, -0.2) is 13.6 Å². The van der Waals surface area contributed by atoms with Gasteiger partial charge in [0.1, 0.15) is 17.7 Å². The Balaban J connectivity index is 0.00000324. The second-order valence-corrected chi connectivity index (χ2v) is 3.52. The van der Waals surface area contributed by atoms with E-state index in [4.69, 9.17) is 5.73 Å². The molecule has 108 valence electrons. The maximum absolute atomic E-state index is 13.5. The van der Waals surface area contributed by atoms with Gasteiger partial charge >= 0.3 is 11.9 Å². The van der Waals surface area contributed by atoms with Gasteiger partial charge in [-0.1, -0.05) is 0 Å². The number of carbonyl (C=O) groups is 1. The first-order valence-electron chi connectivity index (χ1n) is 5.05. The molecule has 0 heterocycles. The first kappa shape index (κ1) is 17.7. The summed E-state index contributed by atoms with van der Waals surface area (Å²) >= 11 is 0. The zero-order chi connectivity index (χ0) is 13.9. The molecule has 0 amide bonds. The van der Waals surface area contributed by atoms with Gasteiger partial charge in [0.25, 0.3) is 0 Å². The molecule has 0 bridgehead atoms. The Morgan fingerprint density at radius 1 is 1.32 bits per heavy atom. The summed E-state index contributed by atoms with van der Waals surface area (Å²) in [6.45, 7) is 1.10. The average Bonchev–Trinajstić information content (AvgIpc) is 2.26. The molecule has 1 aromatic rings. The fourth-order valence-corrected chi connectivity index (χ4v) is 1.32. The molecule has 19 heavy (non-hydrogen) atoms. The fraction of sp³-hybridized carbons (Fsp3) is 0.364. The highest BCUT2D eigenvalue weighted by Crippen LogP contribution is 2.31. The fourth-order valence-electron chi connectivity index (χ4n) is 1.32. The number of halogens is 5. The van der Waals surface area contributed by atoms with Crippen LogP contribution in [0.4, 0.5) is 17.6 Å². The minimum Gasteiger partial charge on any atom is -0.462 e. The lowest BCUT2D eigenvalue weighted by Gasteiger charge is -2.21. The van der Waals surface area contributed by atoms with Crippen LogP contribution in [0.1, 0.15) is 18.5 Å². The molecule has 3 nitrogen and oxygen atoms in total. The van der Waals surface area contributed by atoms with E-state index in [1.807, 2.05) is 0 Å². The molecule has 0 saturated heterocycles. The minimum atomic E-state index is -4.06. The van der Waals surface area contributed by atoms with E-state index in [0.29, 0.717) is 18.2 Å². The molecule has 0 aromatic heterocycles. The van der Waals surface area contributed by atoms with Crippen molar-refractivity contribution in [3.05, 3.63) is 35.4 Å². The van der Waals surface area contributed by atoms with Crippen molar-refractivity contribution in [3.8, 4) is 0 Å². The molecule has 0 aliphatic carbocycles. The second-order valence-electron chi connectivity index (χ2n) is 3.52. The van der Waals surface area contributed by atoms with E-state index in [9.17, 15) is 22.4 Å². The number of ether oxygens (including phenoxy) is 1. The summed E-state index contributed by atoms with van der Waals surface area (Å²) in [5.41, 5.74) is 4.63. The molecule has 0 saturated carbocycles. The van der Waals surface area contributed by atoms with E-state index in [2.05, 4.69) is 4.74 Å². The summed E-state index contributed by atoms with van der Waals surface area (Å²) in [6.07, 6.45) is 0. The van der Waals surface area contributed by atoms with Gasteiger partial charge in [0, 0.05) is 6.07 Å². The number of esters is 1. The Hall–Kier alpha value is -1.34. The third-order valence-corrected chi connectivity index (χ3v) is 2.18. The highest BCUT2D eigenvalue weighted by molar-refractivity contribution is 5.85. The molecule has 1 rings (SSSR count). The van der Waals surface area contributed by atoms with Crippen LogP contribution in [-0.4, -0.2) is 18.5 Å². The van der Waals surface area contributed by atoms with Gasteiger partial charge in [-0.3, -0.25) is 0 Å². The number of hydrogen-bond donors (Lipinski definition) is 1. The third-order valence-electron chi connectivity index (χ3n) is 2.18. The lowest BCUT2D eigenvalue weighted by atomic mass is 10.0. The van der Waals surface area contributed by atoms with Crippen LogP contribution in [0.3, 0.4) is 0 Å². The number of carbonyl (C=O) groups excluding carboxylic acids is 1. The van der Waals surface area contributed by atoms with Crippen LogP contribution in [0.2, 0.25) is 0 Å². The van der Waals surface area contributed by atoms with Crippen molar-refractivity contribution in [1.29, 1.82) is 0 Å². The molecular weight excluding hydrogens is 290 g/mol. The quantitative estimate of drug-likeness (QED) is 0.687. The first-order valence-corrected chi connectivity index (χ1v) is 5.05. The normalized spacial score (nSPS) is 12.5. The summed E-state index contributed by atoms with van der Waals surface area (Å²) in [4.78, 5) is 11.0. The van der Waals surface area contributed by atoms with Crippen LogP contribution in [-0.2, 0) is 9.53 Å². The Morgan fingerprint density at radius 3 is 2.21 bits per heavy atom. The zero-order valence-electron chi connectivity index (χ0n) is 9.83. The van der Waals surface area contributed by atoms with Gasteiger partial charge in [-0.15, -0.1) is 12.4 Å². The molecule has 0 radical (unpaired) electrons. The number of hydrogen-bond acceptors (Lipinski definition) is 3. The topological polar surface area (TPSA) is 52.3 Å². The smallest absolute Gasteiger partial charge is 0.379 e. The monoisotopic (exact) mass is 301 g/mol. The lowest BCUT2D eigenvalue weighted by molar-refractivity contribution is -0.174. The summed E-state index contributed by atoms with van der Waals surface area (Å²) in [6, 6.07) is -0.387. The van der Waals surface area contributed by atoms with E-state index < -0.39 is 35.1 Å². The predicted molar refractivity (Wildman–Crippen MR) is 62.1 cm³/mol. The van der Waals surface area contributed by atoms with Gasteiger partial charge < -0.3 is 10.5 Å². The van der Waals surface area contributed by atoms with Crippen LogP contribution >= 0.6 is 12.4 Å². The van der Waals surface area contributed by atoms with Crippen molar-refractivity contribution in [2.75, 3.05) is 6.61 Å². The van der Waals surface area contributed by atoms with Gasteiger partial charge in [0.2, 0.25) is 0 Å². The summed E-state index contributed by atoms with van der Waals surface area (Å²) in [5.74, 6) is -8.00. The van der Waals surface area contributed by atoms with Crippen LogP contribution < -0.4 is 5.73 Å². The maximum atomic E-state index is 13.5. The molecule has 1 aromatic carbocycles. The molecular formula is C11H12ClF4NO2. The van der Waals surface area contributed by atoms with Gasteiger partial charge in [0.15, 0.2) is 0 Å². The van der Waals surface area contributed by atoms with Crippen molar-refractivity contribution in [1.82, 2.24) is 0 Å². The Bertz CT molecular complexity index is 436. The SMILES string of the molecule is CCOC(=O)C(F)(F)[C@@H](N)c1cc(F)cc(F)c1.Cl. The van der Waals surface area contributed by atoms with Gasteiger partial charge in [-0.05, 0) is 24.6 Å². The van der Waals surface area contributed by atoms with Crippen molar-refractivity contribution in [2.24, 2.45) is 5.73 Å². The molecule has 0 aliphatic heterocycles. The van der Waals surface area contributed by atoms with E-state index in [0.717, 1.165) is 0 Å². The highest BCUT2D eigenvalue weighted by Gasteiger charge is 2.48. The number of rotatable bonds is 4. The van der Waals surface area contributed by atoms with E-state index in [1.54, 1.807) is 0 Å². The third kappa shape index (κ3) is 4.07. The standard InChI is InChI=1S/C11H11F4NO2.ClH/c1-2-18-10(17)11(14,15)9(16)6-3-7(12)5-8(13)4-6;/h3-5,9H,2,16H2,1H3;1H/t9-;/m0./s1. The molecule has 0 aliphatic rings. The largest absolute Gasteiger partial charge is 0.462 e. The van der Waals surface area contributed by atoms with Crippen LogP contribution in [0.5, 0.6) is 0 Å². The Labute approximate surface area is 113 Å². The molecule has 8 heteroatoms. The first-order chi connectivity index (χ1) is 8.28. The van der Waals surface area contributed by atoms with Crippen LogP contribution in [0, 0.1) is 11.6 Å². The lowest BCUT2D eigenvalue weighted by Crippen LogP contribution is -2.41. The van der Waals surface area contributed by atoms with Crippen molar-refractivity contribution >= 4 is 18.4 Å². The summed E-state index contributed by atoms with van der Waals surface area (Å²) < 4.78 is 56.9. The van der Waals surface area contributed by atoms with Gasteiger partial charge in [-0.2, -0.15) is 8.78 Å². The Morgan fingerprint density at radius 2 is 1.79 bits per heavy atom. The molecule has 2 N–H and O–H groups in total. The summed E-state index contributed by atoms with van der Waals surface area (Å²) in [7, 11) is 0. The Kier molecular flexibility index (Phi) is 6.24. The van der Waals surface area contributed by atoms with Crippen LogP contribution in [0.15, 0.2) is 18.2 Å². The van der Waals surface area contributed by atoms with E-state index >= 15 is 0 Å². The number of benzene rings is 1. The molecule has 0 spiro atoms. The molecule has 0 unspecified atom stereocenters. The van der Waals surface area contributed by atoms with Crippen molar-refractivity contribution in [2.45, 2.75) is 18.9 Å². The van der Waals surface area contributed by atoms with E-state index in [-0.39, 0.29) is 19.0 Å². The van der Waals surface area contributed by atoms with E-state index in [1.165, 1.54) is 6.92 Å². The average molecular weight is 302 g/mol. The van der Waals surface area contributed by atoms with Crippen molar-refractivity contribution in [3.63, 3.8) is 0 Å². The van der Waals surface area contributed by atoms with Crippen molar-refractivity contribution < 1.29 is 27.1 Å². The maximum Gasteiger partial charge on any atom is 0.379 e. The summed E-state index contributed by atoms with van der Waals surface area (Å²) in [5, 5.41) is 0. The zero-order valence-corrected chi connectivity index (χ0v) is 10.6. The molecule has 0 fully saturated rings. The molecule has 1 atom stereocenters. The predicted octanol–water partition coefficient (Wildman–Crippen LogP) is 2.58.